The minimum absolute atomic E-state index is 0. The molecule has 2 aromatic carbocycles. The Hall–Kier alpha value is -0.970. The summed E-state index contributed by atoms with van der Waals surface area (Å²) in [4.78, 5) is 5.57. The van der Waals surface area contributed by atoms with E-state index in [0.717, 1.165) is 30.5 Å². The molecular weight excluding hydrogens is 550 g/mol. The zero-order chi connectivity index (χ0) is 19.8. The summed E-state index contributed by atoms with van der Waals surface area (Å²) in [6.07, 6.45) is 0. The fraction of sp³-hybridized carbons (Fsp3) is 0.167. The molecular formula is C18H18Br2ClN3O2S2. The standard InChI is InChI=1S/C18H17BrClN3O2S2.BrH/c1-22(2)27(24,25)17-10-12(8-9-14(17)20)16-11-26-18(23(16)3)21-15-7-5-4-6-13(15)19;/h4-11H,1-3H3;1H. The second kappa shape index (κ2) is 9.23. The zero-order valence-corrected chi connectivity index (χ0v) is 20.9. The van der Waals surface area contributed by atoms with E-state index in [4.69, 9.17) is 11.6 Å². The normalized spacial score (nSPS) is 12.3. The molecule has 1 heterocycles. The Bertz CT molecular complexity index is 1170. The lowest BCUT2D eigenvalue weighted by Gasteiger charge is -2.14. The van der Waals surface area contributed by atoms with Gasteiger partial charge in [-0.2, -0.15) is 0 Å². The highest BCUT2D eigenvalue weighted by atomic mass is 79.9. The number of nitrogens with zero attached hydrogens (tertiary/aromatic N) is 3. The first kappa shape index (κ1) is 23.3. The Kier molecular flexibility index (Phi) is 7.69. The van der Waals surface area contributed by atoms with Crippen LogP contribution in [0.1, 0.15) is 0 Å². The number of hydrogen-bond acceptors (Lipinski definition) is 4. The molecule has 0 bridgehead atoms. The van der Waals surface area contributed by atoms with Crippen LogP contribution in [0.25, 0.3) is 11.3 Å². The molecule has 0 aliphatic heterocycles. The second-order valence-electron chi connectivity index (χ2n) is 5.96. The van der Waals surface area contributed by atoms with Crippen LogP contribution < -0.4 is 4.80 Å². The van der Waals surface area contributed by atoms with Crippen molar-refractivity contribution >= 4 is 71.6 Å². The monoisotopic (exact) mass is 565 g/mol. The topological polar surface area (TPSA) is 54.7 Å². The van der Waals surface area contributed by atoms with E-state index in [1.54, 1.807) is 18.2 Å². The number of hydrogen-bond donors (Lipinski definition) is 0. The summed E-state index contributed by atoms with van der Waals surface area (Å²) >= 11 is 11.1. The molecule has 0 aliphatic rings. The zero-order valence-electron chi connectivity index (χ0n) is 15.3. The lowest BCUT2D eigenvalue weighted by atomic mass is 10.2. The van der Waals surface area contributed by atoms with Crippen LogP contribution in [0.5, 0.6) is 0 Å². The van der Waals surface area contributed by atoms with E-state index >= 15 is 0 Å². The van der Waals surface area contributed by atoms with Crippen molar-refractivity contribution in [1.29, 1.82) is 0 Å². The Morgan fingerprint density at radius 1 is 1.18 bits per heavy atom. The SMILES string of the molecule is Br.CN(C)S(=O)(=O)c1cc(-c2csc(=Nc3ccccc3Br)n2C)ccc1Cl. The second-order valence-corrected chi connectivity index (χ2v) is 10.2. The molecule has 0 atom stereocenters. The van der Waals surface area contributed by atoms with Crippen molar-refractivity contribution in [3.8, 4) is 11.3 Å². The Morgan fingerprint density at radius 2 is 1.86 bits per heavy atom. The van der Waals surface area contributed by atoms with E-state index in [1.165, 1.54) is 25.4 Å². The van der Waals surface area contributed by atoms with Crippen LogP contribution in [-0.4, -0.2) is 31.4 Å². The molecule has 0 fully saturated rings. The number of rotatable bonds is 4. The molecule has 10 heteroatoms. The number of thiazole rings is 1. The van der Waals surface area contributed by atoms with Crippen LogP contribution in [0.2, 0.25) is 5.02 Å². The van der Waals surface area contributed by atoms with Gasteiger partial charge >= 0.3 is 0 Å². The van der Waals surface area contributed by atoms with Gasteiger partial charge in [0.15, 0.2) is 4.80 Å². The first-order valence-corrected chi connectivity index (χ1v) is 11.4. The third-order valence-corrected chi connectivity index (χ3v) is 7.86. The van der Waals surface area contributed by atoms with Gasteiger partial charge < -0.3 is 4.57 Å². The van der Waals surface area contributed by atoms with Crippen LogP contribution in [0.3, 0.4) is 0 Å². The lowest BCUT2D eigenvalue weighted by Crippen LogP contribution is -2.22. The molecule has 0 saturated carbocycles. The molecule has 0 aliphatic carbocycles. The van der Waals surface area contributed by atoms with Gasteiger partial charge in [0.1, 0.15) is 4.90 Å². The van der Waals surface area contributed by atoms with Crippen molar-refractivity contribution in [2.75, 3.05) is 14.1 Å². The number of sulfonamides is 1. The van der Waals surface area contributed by atoms with Crippen molar-refractivity contribution in [3.05, 3.63) is 62.1 Å². The van der Waals surface area contributed by atoms with Crippen LogP contribution in [0.15, 0.2) is 62.2 Å². The number of benzene rings is 2. The van der Waals surface area contributed by atoms with Gasteiger partial charge in [-0.05, 0) is 40.2 Å². The predicted molar refractivity (Wildman–Crippen MR) is 124 cm³/mol. The summed E-state index contributed by atoms with van der Waals surface area (Å²) < 4.78 is 29.0. The molecule has 5 nitrogen and oxygen atoms in total. The van der Waals surface area contributed by atoms with Crippen molar-refractivity contribution in [3.63, 3.8) is 0 Å². The first-order valence-electron chi connectivity index (χ1n) is 7.88. The summed E-state index contributed by atoms with van der Waals surface area (Å²) in [7, 11) is 1.23. The molecule has 0 N–H and O–H groups in total. The molecule has 3 rings (SSSR count). The number of halogens is 3. The van der Waals surface area contributed by atoms with Gasteiger partial charge in [0.25, 0.3) is 0 Å². The third kappa shape index (κ3) is 4.60. The maximum atomic E-state index is 12.5. The smallest absolute Gasteiger partial charge is 0.244 e. The minimum Gasteiger partial charge on any atom is -0.320 e. The fourth-order valence-corrected chi connectivity index (χ4v) is 5.12. The summed E-state index contributed by atoms with van der Waals surface area (Å²) in [6.45, 7) is 0. The molecule has 1 aromatic heterocycles. The van der Waals surface area contributed by atoms with Gasteiger partial charge in [-0.25, -0.2) is 17.7 Å². The summed E-state index contributed by atoms with van der Waals surface area (Å²) in [5, 5.41) is 2.15. The van der Waals surface area contributed by atoms with E-state index in [0.29, 0.717) is 0 Å². The van der Waals surface area contributed by atoms with Crippen molar-refractivity contribution < 1.29 is 8.42 Å². The number of aromatic nitrogens is 1. The maximum Gasteiger partial charge on any atom is 0.244 e. The van der Waals surface area contributed by atoms with Crippen LogP contribution in [-0.2, 0) is 17.1 Å². The number of para-hydroxylation sites is 1. The molecule has 0 saturated heterocycles. The summed E-state index contributed by atoms with van der Waals surface area (Å²) in [6, 6.07) is 12.7. The van der Waals surface area contributed by atoms with Gasteiger partial charge in [0.05, 0.1) is 16.4 Å². The van der Waals surface area contributed by atoms with Crippen LogP contribution >= 0.6 is 55.8 Å². The molecule has 0 spiro atoms. The van der Waals surface area contributed by atoms with E-state index in [9.17, 15) is 8.42 Å². The highest BCUT2D eigenvalue weighted by molar-refractivity contribution is 9.10. The Balaban J connectivity index is 0.00000280. The third-order valence-electron chi connectivity index (χ3n) is 3.98. The van der Waals surface area contributed by atoms with Crippen molar-refractivity contribution in [2.45, 2.75) is 4.90 Å². The largest absolute Gasteiger partial charge is 0.320 e. The molecule has 28 heavy (non-hydrogen) atoms. The Morgan fingerprint density at radius 3 is 2.50 bits per heavy atom. The van der Waals surface area contributed by atoms with E-state index in [1.807, 2.05) is 41.3 Å². The van der Waals surface area contributed by atoms with Gasteiger partial charge in [0.2, 0.25) is 10.0 Å². The maximum absolute atomic E-state index is 12.5. The molecule has 3 aromatic rings. The minimum atomic E-state index is -3.63. The lowest BCUT2D eigenvalue weighted by molar-refractivity contribution is 0.521. The predicted octanol–water partition coefficient (Wildman–Crippen LogP) is 5.23. The highest BCUT2D eigenvalue weighted by Gasteiger charge is 2.22. The molecule has 0 unspecified atom stereocenters. The van der Waals surface area contributed by atoms with Crippen LogP contribution in [0.4, 0.5) is 5.69 Å². The summed E-state index contributed by atoms with van der Waals surface area (Å²) in [5.41, 5.74) is 2.44. The first-order chi connectivity index (χ1) is 12.7. The van der Waals surface area contributed by atoms with Gasteiger partial charge in [-0.3, -0.25) is 0 Å². The van der Waals surface area contributed by atoms with E-state index in [2.05, 4.69) is 20.9 Å². The average molecular weight is 568 g/mol. The van der Waals surface area contributed by atoms with Crippen LogP contribution in [0, 0.1) is 0 Å². The highest BCUT2D eigenvalue weighted by Crippen LogP contribution is 2.30. The van der Waals surface area contributed by atoms with Gasteiger partial charge in [-0.15, -0.1) is 28.3 Å². The van der Waals surface area contributed by atoms with Gasteiger partial charge in [-0.1, -0.05) is 29.8 Å². The molecule has 0 amide bonds. The quantitative estimate of drug-likeness (QED) is 0.434. The summed E-state index contributed by atoms with van der Waals surface area (Å²) in [5.74, 6) is 0. The Labute approximate surface area is 192 Å². The fourth-order valence-electron chi connectivity index (χ4n) is 2.44. The van der Waals surface area contributed by atoms with Crippen molar-refractivity contribution in [2.24, 2.45) is 12.0 Å². The van der Waals surface area contributed by atoms with Crippen molar-refractivity contribution in [1.82, 2.24) is 8.87 Å². The molecule has 150 valence electrons. The molecule has 0 radical (unpaired) electrons. The average Bonchev–Trinajstić information content (AvgIpc) is 2.98. The van der Waals surface area contributed by atoms with E-state index < -0.39 is 10.0 Å². The van der Waals surface area contributed by atoms with E-state index in [-0.39, 0.29) is 26.9 Å². The van der Waals surface area contributed by atoms with Gasteiger partial charge in [0, 0.05) is 36.6 Å².